The van der Waals surface area contributed by atoms with E-state index in [9.17, 15) is 0 Å². The molecule has 0 aliphatic heterocycles. The molecule has 3 atom stereocenters. The molecule has 20 heavy (non-hydrogen) atoms. The topological polar surface area (TPSA) is 21.3 Å². The summed E-state index contributed by atoms with van der Waals surface area (Å²) in [6.07, 6.45) is 7.11. The monoisotopic (exact) mass is 283 g/mol. The molecule has 0 bridgehead atoms. The molecule has 1 aliphatic rings. The second kappa shape index (κ2) is 8.38. The lowest BCUT2D eigenvalue weighted by Crippen LogP contribution is -2.34. The maximum Gasteiger partial charge on any atom is 0.0586 e. The van der Waals surface area contributed by atoms with Crippen LogP contribution in [0.1, 0.15) is 73.6 Å². The van der Waals surface area contributed by atoms with E-state index in [4.69, 9.17) is 4.74 Å². The van der Waals surface area contributed by atoms with Crippen molar-refractivity contribution in [2.45, 2.75) is 85.9 Å². The van der Waals surface area contributed by atoms with E-state index in [-0.39, 0.29) is 0 Å². The van der Waals surface area contributed by atoms with E-state index in [1.54, 1.807) is 0 Å². The minimum atomic E-state index is 0.405. The number of hydrogen-bond acceptors (Lipinski definition) is 2. The summed E-state index contributed by atoms with van der Waals surface area (Å²) in [5, 5.41) is 3.51. The molecule has 0 radical (unpaired) electrons. The van der Waals surface area contributed by atoms with Gasteiger partial charge in [-0.3, -0.25) is 0 Å². The first kappa shape index (κ1) is 18.0. The zero-order valence-corrected chi connectivity index (χ0v) is 14.7. The van der Waals surface area contributed by atoms with Crippen molar-refractivity contribution in [3.8, 4) is 0 Å². The Bertz CT molecular complexity index is 262. The van der Waals surface area contributed by atoms with Gasteiger partial charge in [0.2, 0.25) is 0 Å². The number of ether oxygens (including phenoxy) is 1. The molecular formula is C18H37NO. The van der Waals surface area contributed by atoms with E-state index in [1.807, 2.05) is 0 Å². The molecule has 0 saturated heterocycles. The summed E-state index contributed by atoms with van der Waals surface area (Å²) in [5.41, 5.74) is 0.459. The fraction of sp³-hybridized carbons (Fsp3) is 1.00. The van der Waals surface area contributed by atoms with E-state index in [1.165, 1.54) is 32.1 Å². The van der Waals surface area contributed by atoms with Crippen molar-refractivity contribution in [1.29, 1.82) is 0 Å². The van der Waals surface area contributed by atoms with Crippen LogP contribution < -0.4 is 5.32 Å². The Balaban J connectivity index is 2.16. The van der Waals surface area contributed by atoms with Crippen LogP contribution in [0.3, 0.4) is 0 Å². The minimum absolute atomic E-state index is 0.405. The molecule has 2 heteroatoms. The summed E-state index contributed by atoms with van der Waals surface area (Å²) in [7, 11) is 0. The van der Waals surface area contributed by atoms with Gasteiger partial charge in [-0.1, -0.05) is 34.6 Å². The summed E-state index contributed by atoms with van der Waals surface area (Å²) in [6.45, 7) is 16.2. The fourth-order valence-corrected chi connectivity index (χ4v) is 3.66. The van der Waals surface area contributed by atoms with E-state index in [2.05, 4.69) is 46.9 Å². The molecule has 3 unspecified atom stereocenters. The van der Waals surface area contributed by atoms with E-state index in [0.717, 1.165) is 24.9 Å². The largest absolute Gasteiger partial charge is 0.375 e. The van der Waals surface area contributed by atoms with E-state index >= 15 is 0 Å². The van der Waals surface area contributed by atoms with Crippen LogP contribution in [0.2, 0.25) is 0 Å². The van der Waals surface area contributed by atoms with Crippen LogP contribution in [0.5, 0.6) is 0 Å². The molecule has 1 fully saturated rings. The standard InChI is InChI=1S/C18H37NO/c1-14(2)13-19-9-7-8-16(4)20-17-10-15(3)11-18(5,6)12-17/h14-17,19H,7-13H2,1-6H3. The molecule has 0 aromatic heterocycles. The molecule has 1 saturated carbocycles. The normalized spacial score (nSPS) is 27.8. The van der Waals surface area contributed by atoms with Crippen molar-refractivity contribution in [2.24, 2.45) is 17.3 Å². The Morgan fingerprint density at radius 2 is 1.90 bits per heavy atom. The van der Waals surface area contributed by atoms with Crippen LogP contribution in [0, 0.1) is 17.3 Å². The third-order valence-corrected chi connectivity index (χ3v) is 4.29. The van der Waals surface area contributed by atoms with Gasteiger partial charge in [0.15, 0.2) is 0 Å². The summed E-state index contributed by atoms with van der Waals surface area (Å²) in [6, 6.07) is 0. The van der Waals surface area contributed by atoms with Crippen molar-refractivity contribution in [3.05, 3.63) is 0 Å². The fourth-order valence-electron chi connectivity index (χ4n) is 3.66. The van der Waals surface area contributed by atoms with Crippen LogP contribution in [0.15, 0.2) is 0 Å². The third-order valence-electron chi connectivity index (χ3n) is 4.29. The Kier molecular flexibility index (Phi) is 7.53. The van der Waals surface area contributed by atoms with Gasteiger partial charge < -0.3 is 10.1 Å². The minimum Gasteiger partial charge on any atom is -0.375 e. The van der Waals surface area contributed by atoms with Gasteiger partial charge in [0, 0.05) is 0 Å². The molecule has 120 valence electrons. The zero-order valence-electron chi connectivity index (χ0n) is 14.7. The van der Waals surface area contributed by atoms with Crippen LogP contribution in [-0.2, 0) is 4.74 Å². The van der Waals surface area contributed by atoms with Crippen LogP contribution >= 0.6 is 0 Å². The predicted octanol–water partition coefficient (Wildman–Crippen LogP) is 4.63. The molecule has 0 aromatic carbocycles. The van der Waals surface area contributed by atoms with Crippen LogP contribution in [0.4, 0.5) is 0 Å². The molecule has 2 nitrogen and oxygen atoms in total. The molecule has 0 spiro atoms. The summed E-state index contributed by atoms with van der Waals surface area (Å²) in [4.78, 5) is 0. The summed E-state index contributed by atoms with van der Waals surface area (Å²) >= 11 is 0. The van der Waals surface area contributed by atoms with Gasteiger partial charge in [0.1, 0.15) is 0 Å². The Labute approximate surface area is 127 Å². The zero-order chi connectivity index (χ0) is 15.2. The van der Waals surface area contributed by atoms with Crippen molar-refractivity contribution >= 4 is 0 Å². The summed E-state index contributed by atoms with van der Waals surface area (Å²) < 4.78 is 6.30. The molecule has 1 aliphatic carbocycles. The average Bonchev–Trinajstić information content (AvgIpc) is 2.24. The number of rotatable bonds is 8. The second-order valence-electron chi connectivity index (χ2n) is 8.22. The molecule has 0 heterocycles. The smallest absolute Gasteiger partial charge is 0.0586 e. The highest BCUT2D eigenvalue weighted by Crippen LogP contribution is 2.40. The van der Waals surface area contributed by atoms with Gasteiger partial charge in [-0.15, -0.1) is 0 Å². The second-order valence-corrected chi connectivity index (χ2v) is 8.22. The first-order valence-corrected chi connectivity index (χ1v) is 8.64. The molecule has 1 rings (SSSR count). The first-order chi connectivity index (χ1) is 9.28. The van der Waals surface area contributed by atoms with Gasteiger partial charge in [-0.25, -0.2) is 0 Å². The van der Waals surface area contributed by atoms with E-state index in [0.29, 0.717) is 17.6 Å². The van der Waals surface area contributed by atoms with Gasteiger partial charge in [-0.2, -0.15) is 0 Å². The van der Waals surface area contributed by atoms with E-state index < -0.39 is 0 Å². The number of nitrogens with one attached hydrogen (secondary N) is 1. The van der Waals surface area contributed by atoms with Gasteiger partial charge in [-0.05, 0) is 69.4 Å². The lowest BCUT2D eigenvalue weighted by molar-refractivity contribution is -0.0613. The van der Waals surface area contributed by atoms with Crippen LogP contribution in [0.25, 0.3) is 0 Å². The van der Waals surface area contributed by atoms with Gasteiger partial charge >= 0.3 is 0 Å². The van der Waals surface area contributed by atoms with Crippen LogP contribution in [-0.4, -0.2) is 25.3 Å². The quantitative estimate of drug-likeness (QED) is 0.656. The highest BCUT2D eigenvalue weighted by atomic mass is 16.5. The molecule has 0 amide bonds. The summed E-state index contributed by atoms with van der Waals surface area (Å²) in [5.74, 6) is 1.55. The predicted molar refractivity (Wildman–Crippen MR) is 88.1 cm³/mol. The first-order valence-electron chi connectivity index (χ1n) is 8.64. The Hall–Kier alpha value is -0.0800. The average molecular weight is 284 g/mol. The maximum absolute atomic E-state index is 6.30. The molecule has 1 N–H and O–H groups in total. The Morgan fingerprint density at radius 1 is 1.20 bits per heavy atom. The lowest BCUT2D eigenvalue weighted by atomic mass is 9.71. The highest BCUT2D eigenvalue weighted by Gasteiger charge is 2.33. The third kappa shape index (κ3) is 7.64. The van der Waals surface area contributed by atoms with Crippen molar-refractivity contribution in [3.63, 3.8) is 0 Å². The van der Waals surface area contributed by atoms with Gasteiger partial charge in [0.25, 0.3) is 0 Å². The Morgan fingerprint density at radius 3 is 2.50 bits per heavy atom. The SMILES string of the molecule is CC(C)CNCCCC(C)OC1CC(C)CC(C)(C)C1. The highest BCUT2D eigenvalue weighted by molar-refractivity contribution is 4.83. The molecule has 0 aromatic rings. The molecular weight excluding hydrogens is 246 g/mol. The lowest BCUT2D eigenvalue weighted by Gasteiger charge is -2.39. The maximum atomic E-state index is 6.30. The van der Waals surface area contributed by atoms with Gasteiger partial charge in [0.05, 0.1) is 12.2 Å². The van der Waals surface area contributed by atoms with Crippen molar-refractivity contribution in [2.75, 3.05) is 13.1 Å². The van der Waals surface area contributed by atoms with Crippen molar-refractivity contribution < 1.29 is 4.74 Å². The van der Waals surface area contributed by atoms with Crippen molar-refractivity contribution in [1.82, 2.24) is 5.32 Å². The number of hydrogen-bond donors (Lipinski definition) is 1.